The summed E-state index contributed by atoms with van der Waals surface area (Å²) in [6.07, 6.45) is 8.24. The highest BCUT2D eigenvalue weighted by Gasteiger charge is 2.25. The van der Waals surface area contributed by atoms with E-state index in [0.717, 1.165) is 19.6 Å². The molecule has 1 fully saturated rings. The van der Waals surface area contributed by atoms with E-state index in [-0.39, 0.29) is 0 Å². The van der Waals surface area contributed by atoms with Crippen LogP contribution in [0.1, 0.15) is 50.2 Å². The largest absolute Gasteiger partial charge is 0.384 e. The highest BCUT2D eigenvalue weighted by Crippen LogP contribution is 2.35. The van der Waals surface area contributed by atoms with Crippen LogP contribution in [0, 0.1) is 5.41 Å². The average Bonchev–Trinajstić information content (AvgIpc) is 2.87. The fraction of sp³-hybridized carbons (Fsp3) is 0.647. The Labute approximate surface area is 117 Å². The minimum absolute atomic E-state index is 0.535. The van der Waals surface area contributed by atoms with Crippen molar-refractivity contribution < 1.29 is 0 Å². The lowest BCUT2D eigenvalue weighted by molar-refractivity contribution is 0.207. The molecule has 2 nitrogen and oxygen atoms in total. The number of rotatable bonds is 4. The molecule has 3 rings (SSSR count). The predicted octanol–water partition coefficient (Wildman–Crippen LogP) is 3.71. The highest BCUT2D eigenvalue weighted by molar-refractivity contribution is 5.56. The van der Waals surface area contributed by atoms with Crippen LogP contribution >= 0.6 is 0 Å². The molecule has 2 N–H and O–H groups in total. The first-order valence-electron chi connectivity index (χ1n) is 7.82. The van der Waals surface area contributed by atoms with Crippen LogP contribution in [0.15, 0.2) is 18.2 Å². The van der Waals surface area contributed by atoms with E-state index in [1.165, 1.54) is 55.3 Å². The number of anilines is 1. The summed E-state index contributed by atoms with van der Waals surface area (Å²) >= 11 is 0. The fourth-order valence-corrected chi connectivity index (χ4v) is 3.54. The van der Waals surface area contributed by atoms with Crippen molar-refractivity contribution in [3.63, 3.8) is 0 Å². The van der Waals surface area contributed by atoms with Gasteiger partial charge in [-0.25, -0.2) is 0 Å². The molecule has 0 spiro atoms. The lowest BCUT2D eigenvalue weighted by Gasteiger charge is -2.33. The molecule has 1 aliphatic carbocycles. The van der Waals surface area contributed by atoms with Gasteiger partial charge in [-0.2, -0.15) is 0 Å². The molecular formula is C17H26N2. The SMILES string of the molecule is CC1(CNCc2ccc3c(c2)NCC3)CCCCC1. The second-order valence-corrected chi connectivity index (χ2v) is 6.64. The summed E-state index contributed by atoms with van der Waals surface area (Å²) in [5, 5.41) is 7.14. The minimum atomic E-state index is 0.535. The van der Waals surface area contributed by atoms with Crippen LogP contribution in [0.5, 0.6) is 0 Å². The molecule has 0 atom stereocenters. The van der Waals surface area contributed by atoms with Gasteiger partial charge in [0.25, 0.3) is 0 Å². The molecule has 1 aliphatic heterocycles. The molecule has 1 saturated carbocycles. The maximum atomic E-state index is 3.68. The third-order valence-corrected chi connectivity index (χ3v) is 4.83. The van der Waals surface area contributed by atoms with Crippen LogP contribution < -0.4 is 10.6 Å². The molecule has 1 heterocycles. The summed E-state index contributed by atoms with van der Waals surface area (Å²) in [5.41, 5.74) is 4.77. The molecule has 0 bridgehead atoms. The molecular weight excluding hydrogens is 232 g/mol. The maximum Gasteiger partial charge on any atom is 0.0376 e. The van der Waals surface area contributed by atoms with Crippen molar-refractivity contribution in [1.29, 1.82) is 0 Å². The molecule has 0 amide bonds. The molecule has 104 valence electrons. The first kappa shape index (κ1) is 13.0. The predicted molar refractivity (Wildman–Crippen MR) is 81.5 cm³/mol. The quantitative estimate of drug-likeness (QED) is 0.860. The van der Waals surface area contributed by atoms with E-state index in [9.17, 15) is 0 Å². The molecule has 1 aromatic rings. The summed E-state index contributed by atoms with van der Waals surface area (Å²) in [4.78, 5) is 0. The Kier molecular flexibility index (Phi) is 3.79. The van der Waals surface area contributed by atoms with Crippen molar-refractivity contribution in [3.05, 3.63) is 29.3 Å². The third kappa shape index (κ3) is 3.11. The van der Waals surface area contributed by atoms with Gasteiger partial charge in [0, 0.05) is 25.3 Å². The summed E-state index contributed by atoms with van der Waals surface area (Å²) in [7, 11) is 0. The van der Waals surface area contributed by atoms with E-state index in [4.69, 9.17) is 0 Å². The van der Waals surface area contributed by atoms with Crippen LogP contribution in [-0.2, 0) is 13.0 Å². The summed E-state index contributed by atoms with van der Waals surface area (Å²) in [5.74, 6) is 0. The lowest BCUT2D eigenvalue weighted by Crippen LogP contribution is -2.33. The number of hydrogen-bond acceptors (Lipinski definition) is 2. The van der Waals surface area contributed by atoms with Crippen LogP contribution in [0.3, 0.4) is 0 Å². The maximum absolute atomic E-state index is 3.68. The number of benzene rings is 1. The first-order chi connectivity index (χ1) is 9.25. The van der Waals surface area contributed by atoms with Gasteiger partial charge in [0.1, 0.15) is 0 Å². The van der Waals surface area contributed by atoms with E-state index in [1.54, 1.807) is 0 Å². The van der Waals surface area contributed by atoms with Gasteiger partial charge in [0.2, 0.25) is 0 Å². The first-order valence-corrected chi connectivity index (χ1v) is 7.82. The monoisotopic (exact) mass is 258 g/mol. The smallest absolute Gasteiger partial charge is 0.0376 e. The zero-order chi connectivity index (χ0) is 13.1. The molecule has 1 aromatic carbocycles. The minimum Gasteiger partial charge on any atom is -0.384 e. The second-order valence-electron chi connectivity index (χ2n) is 6.64. The molecule has 19 heavy (non-hydrogen) atoms. The molecule has 0 aromatic heterocycles. The van der Waals surface area contributed by atoms with Crippen molar-refractivity contribution in [1.82, 2.24) is 5.32 Å². The molecule has 2 aliphatic rings. The van der Waals surface area contributed by atoms with E-state index in [0.29, 0.717) is 5.41 Å². The second kappa shape index (κ2) is 5.54. The van der Waals surface area contributed by atoms with Gasteiger partial charge in [-0.3, -0.25) is 0 Å². The zero-order valence-corrected chi connectivity index (χ0v) is 12.1. The molecule has 0 saturated heterocycles. The Morgan fingerprint density at radius 1 is 1.21 bits per heavy atom. The molecule has 0 radical (unpaired) electrons. The highest BCUT2D eigenvalue weighted by atomic mass is 14.9. The van der Waals surface area contributed by atoms with E-state index < -0.39 is 0 Å². The third-order valence-electron chi connectivity index (χ3n) is 4.83. The topological polar surface area (TPSA) is 24.1 Å². The number of fused-ring (bicyclic) bond motifs is 1. The van der Waals surface area contributed by atoms with Crippen molar-refractivity contribution in [2.45, 2.75) is 52.0 Å². The Morgan fingerprint density at radius 3 is 2.89 bits per heavy atom. The van der Waals surface area contributed by atoms with E-state index >= 15 is 0 Å². The van der Waals surface area contributed by atoms with Crippen molar-refractivity contribution >= 4 is 5.69 Å². The number of hydrogen-bond donors (Lipinski definition) is 2. The van der Waals surface area contributed by atoms with Crippen molar-refractivity contribution in [2.75, 3.05) is 18.4 Å². The van der Waals surface area contributed by atoms with Gasteiger partial charge in [-0.05, 0) is 41.9 Å². The van der Waals surface area contributed by atoms with Crippen molar-refractivity contribution in [3.8, 4) is 0 Å². The molecule has 2 heteroatoms. The summed E-state index contributed by atoms with van der Waals surface area (Å²) in [6.45, 7) is 5.72. The Hall–Kier alpha value is -1.02. The zero-order valence-electron chi connectivity index (χ0n) is 12.1. The lowest BCUT2D eigenvalue weighted by atomic mass is 9.76. The summed E-state index contributed by atoms with van der Waals surface area (Å²) in [6, 6.07) is 6.88. The van der Waals surface area contributed by atoms with E-state index in [1.807, 2.05) is 0 Å². The van der Waals surface area contributed by atoms with Gasteiger partial charge in [0.05, 0.1) is 0 Å². The Bertz CT molecular complexity index is 433. The molecule has 0 unspecified atom stereocenters. The Balaban J connectivity index is 1.52. The van der Waals surface area contributed by atoms with Crippen LogP contribution in [-0.4, -0.2) is 13.1 Å². The van der Waals surface area contributed by atoms with Gasteiger partial charge in [-0.1, -0.05) is 38.3 Å². The van der Waals surface area contributed by atoms with E-state index in [2.05, 4.69) is 35.8 Å². The van der Waals surface area contributed by atoms with Gasteiger partial charge in [0.15, 0.2) is 0 Å². The van der Waals surface area contributed by atoms with Gasteiger partial charge < -0.3 is 10.6 Å². The van der Waals surface area contributed by atoms with Gasteiger partial charge in [-0.15, -0.1) is 0 Å². The van der Waals surface area contributed by atoms with Crippen LogP contribution in [0.25, 0.3) is 0 Å². The van der Waals surface area contributed by atoms with Crippen molar-refractivity contribution in [2.24, 2.45) is 5.41 Å². The van der Waals surface area contributed by atoms with Crippen LogP contribution in [0.2, 0.25) is 0 Å². The summed E-state index contributed by atoms with van der Waals surface area (Å²) < 4.78 is 0. The fourth-order valence-electron chi connectivity index (χ4n) is 3.54. The van der Waals surface area contributed by atoms with Crippen LogP contribution in [0.4, 0.5) is 5.69 Å². The van der Waals surface area contributed by atoms with Gasteiger partial charge >= 0.3 is 0 Å². The number of nitrogens with one attached hydrogen (secondary N) is 2. The normalized spacial score (nSPS) is 20.9. The average molecular weight is 258 g/mol. The Morgan fingerprint density at radius 2 is 2.05 bits per heavy atom. The standard InChI is InChI=1S/C17H26N2/c1-17(8-3-2-4-9-17)13-18-12-14-5-6-15-7-10-19-16(15)11-14/h5-6,11,18-19H,2-4,7-10,12-13H2,1H3.